The molecule has 2 aromatic carbocycles. The highest BCUT2D eigenvalue weighted by atomic mass is 19.1. The zero-order valence-electron chi connectivity index (χ0n) is 16.7. The summed E-state index contributed by atoms with van der Waals surface area (Å²) in [6.07, 6.45) is 3.82. The molecule has 0 spiro atoms. The van der Waals surface area contributed by atoms with Gasteiger partial charge in [0.2, 0.25) is 0 Å². The van der Waals surface area contributed by atoms with Crippen molar-refractivity contribution in [1.82, 2.24) is 15.1 Å². The fourth-order valence-electron chi connectivity index (χ4n) is 3.23. The quantitative estimate of drug-likeness (QED) is 0.535. The number of hydrogen-bond donors (Lipinski definition) is 2. The van der Waals surface area contributed by atoms with Crippen LogP contribution in [0.25, 0.3) is 11.3 Å². The lowest BCUT2D eigenvalue weighted by Crippen LogP contribution is -2.27. The number of hydrogen-bond acceptors (Lipinski definition) is 3. The van der Waals surface area contributed by atoms with Gasteiger partial charge in [0.15, 0.2) is 0 Å². The van der Waals surface area contributed by atoms with Crippen LogP contribution in [-0.4, -0.2) is 34.6 Å². The van der Waals surface area contributed by atoms with Gasteiger partial charge in [0.05, 0.1) is 5.69 Å². The number of halogens is 1. The van der Waals surface area contributed by atoms with Crippen molar-refractivity contribution in [1.29, 1.82) is 0 Å². The molecule has 0 atom stereocenters. The van der Waals surface area contributed by atoms with Crippen molar-refractivity contribution in [2.75, 3.05) is 13.6 Å². The Balaban J connectivity index is 1.40. The third kappa shape index (κ3) is 5.74. The molecule has 3 rings (SSSR count). The maximum Gasteiger partial charge on any atom is 0.253 e. The van der Waals surface area contributed by atoms with Gasteiger partial charge < -0.3 is 10.6 Å². The van der Waals surface area contributed by atoms with Gasteiger partial charge >= 0.3 is 0 Å². The van der Waals surface area contributed by atoms with Crippen molar-refractivity contribution in [3.05, 3.63) is 77.2 Å². The normalized spacial score (nSPS) is 10.9. The van der Waals surface area contributed by atoms with Crippen LogP contribution in [0, 0.1) is 5.82 Å². The van der Waals surface area contributed by atoms with E-state index in [9.17, 15) is 9.18 Å². The highest BCUT2D eigenvalue weighted by molar-refractivity contribution is 5.94. The average molecular weight is 394 g/mol. The van der Waals surface area contributed by atoms with E-state index in [1.165, 1.54) is 12.1 Å². The van der Waals surface area contributed by atoms with Crippen molar-refractivity contribution in [2.45, 2.75) is 32.2 Å². The van der Waals surface area contributed by atoms with Crippen molar-refractivity contribution >= 4 is 5.91 Å². The van der Waals surface area contributed by atoms with Gasteiger partial charge in [-0.1, -0.05) is 30.7 Å². The monoisotopic (exact) mass is 394 g/mol. The Morgan fingerprint density at radius 2 is 1.90 bits per heavy atom. The second-order valence-electron chi connectivity index (χ2n) is 7.23. The van der Waals surface area contributed by atoms with Gasteiger partial charge in [-0.2, -0.15) is 5.10 Å². The summed E-state index contributed by atoms with van der Waals surface area (Å²) in [6, 6.07) is 15.8. The van der Waals surface area contributed by atoms with Crippen LogP contribution in [0.4, 0.5) is 4.39 Å². The van der Waals surface area contributed by atoms with Crippen molar-refractivity contribution in [2.24, 2.45) is 5.73 Å². The molecule has 5 nitrogen and oxygen atoms in total. The summed E-state index contributed by atoms with van der Waals surface area (Å²) in [5, 5.41) is 7.30. The minimum Gasteiger partial charge on any atom is -0.342 e. The molecule has 1 heterocycles. The molecule has 0 aliphatic heterocycles. The number of nitrogens with zero attached hydrogens (tertiary/aromatic N) is 2. The van der Waals surface area contributed by atoms with E-state index >= 15 is 0 Å². The molecular weight excluding hydrogens is 367 g/mol. The van der Waals surface area contributed by atoms with Crippen LogP contribution in [0.2, 0.25) is 0 Å². The Bertz CT molecular complexity index is 936. The maximum atomic E-state index is 13.3. The lowest BCUT2D eigenvalue weighted by Gasteiger charge is -2.17. The first-order valence-corrected chi connectivity index (χ1v) is 9.91. The van der Waals surface area contributed by atoms with Crippen LogP contribution < -0.4 is 5.73 Å². The Labute approximate surface area is 170 Å². The molecule has 0 radical (unpaired) electrons. The van der Waals surface area contributed by atoms with Gasteiger partial charge in [0.1, 0.15) is 5.82 Å². The van der Waals surface area contributed by atoms with E-state index < -0.39 is 0 Å². The van der Waals surface area contributed by atoms with Gasteiger partial charge in [-0.05, 0) is 55.2 Å². The van der Waals surface area contributed by atoms with Gasteiger partial charge in [-0.25, -0.2) is 4.39 Å². The summed E-state index contributed by atoms with van der Waals surface area (Å²) in [5.74, 6) is -0.233. The highest BCUT2D eigenvalue weighted by Crippen LogP contribution is 2.19. The number of aromatic nitrogens is 2. The summed E-state index contributed by atoms with van der Waals surface area (Å²) in [6.45, 7) is 1.19. The summed E-state index contributed by atoms with van der Waals surface area (Å²) < 4.78 is 13.3. The Hall–Kier alpha value is -2.99. The maximum absolute atomic E-state index is 13.3. The molecule has 0 saturated carbocycles. The topological polar surface area (TPSA) is 75.0 Å². The van der Waals surface area contributed by atoms with Crippen molar-refractivity contribution < 1.29 is 9.18 Å². The molecule has 29 heavy (non-hydrogen) atoms. The second kappa shape index (κ2) is 9.98. The minimum atomic E-state index is -0.263. The zero-order valence-corrected chi connectivity index (χ0v) is 16.7. The molecule has 152 valence electrons. The molecule has 0 saturated heterocycles. The molecule has 0 aliphatic carbocycles. The largest absolute Gasteiger partial charge is 0.342 e. The fraction of sp³-hybridized carbons (Fsp3) is 0.304. The molecule has 1 amide bonds. The number of aryl methyl sites for hydroxylation is 1. The Morgan fingerprint density at radius 1 is 1.10 bits per heavy atom. The van der Waals surface area contributed by atoms with Crippen molar-refractivity contribution in [3.63, 3.8) is 0 Å². The number of aromatic amines is 1. The number of amides is 1. The third-order valence-corrected chi connectivity index (χ3v) is 4.97. The van der Waals surface area contributed by atoms with Gasteiger partial charge in [0, 0.05) is 37.0 Å². The molecule has 0 unspecified atom stereocenters. The van der Waals surface area contributed by atoms with E-state index in [1.807, 2.05) is 43.4 Å². The number of rotatable bonds is 9. The van der Waals surface area contributed by atoms with E-state index in [0.717, 1.165) is 54.7 Å². The lowest BCUT2D eigenvalue weighted by molar-refractivity contribution is 0.0792. The van der Waals surface area contributed by atoms with E-state index in [1.54, 1.807) is 11.0 Å². The number of carbonyl (C=O) groups excluding carboxylic acids is 1. The summed E-state index contributed by atoms with van der Waals surface area (Å²) in [5.41, 5.74) is 9.86. The van der Waals surface area contributed by atoms with Crippen LogP contribution in [0.5, 0.6) is 0 Å². The fourth-order valence-corrected chi connectivity index (χ4v) is 3.23. The first kappa shape index (κ1) is 20.7. The standard InChI is InChI=1S/C23H27FN4O/c1-28(23(29)18-11-9-17(16-25)10-12-18)13-4-2-3-8-21-15-22(27-26-21)19-6-5-7-20(24)14-19/h5-7,9-12,14-15H,2-4,8,13,16,25H2,1H3,(H,26,27). The van der Waals surface area contributed by atoms with E-state index in [4.69, 9.17) is 5.73 Å². The van der Waals surface area contributed by atoms with E-state index in [2.05, 4.69) is 10.2 Å². The van der Waals surface area contributed by atoms with Gasteiger partial charge in [0.25, 0.3) is 5.91 Å². The number of unbranched alkanes of at least 4 members (excludes halogenated alkanes) is 2. The Kier molecular flexibility index (Phi) is 7.14. The number of H-pyrrole nitrogens is 1. The van der Waals surface area contributed by atoms with Gasteiger partial charge in [-0.3, -0.25) is 9.89 Å². The summed E-state index contributed by atoms with van der Waals surface area (Å²) in [4.78, 5) is 14.2. The van der Waals surface area contributed by atoms with Crippen molar-refractivity contribution in [3.8, 4) is 11.3 Å². The predicted octanol–water partition coefficient (Wildman–Crippen LogP) is 4.16. The van der Waals surface area contributed by atoms with Crippen LogP contribution in [-0.2, 0) is 13.0 Å². The molecule has 6 heteroatoms. The molecule has 0 bridgehead atoms. The molecular formula is C23H27FN4O. The number of carbonyl (C=O) groups is 1. The van der Waals surface area contributed by atoms with Crippen LogP contribution >= 0.6 is 0 Å². The number of nitrogens with one attached hydrogen (secondary N) is 1. The molecule has 0 fully saturated rings. The zero-order chi connectivity index (χ0) is 20.6. The first-order valence-electron chi connectivity index (χ1n) is 9.91. The van der Waals surface area contributed by atoms with E-state index in [-0.39, 0.29) is 11.7 Å². The molecule has 1 aromatic heterocycles. The number of benzene rings is 2. The summed E-state index contributed by atoms with van der Waals surface area (Å²) >= 11 is 0. The average Bonchev–Trinajstić information content (AvgIpc) is 3.22. The molecule has 3 N–H and O–H groups in total. The first-order chi connectivity index (χ1) is 14.1. The molecule has 3 aromatic rings. The van der Waals surface area contributed by atoms with Gasteiger partial charge in [-0.15, -0.1) is 0 Å². The number of nitrogens with two attached hydrogens (primary N) is 1. The third-order valence-electron chi connectivity index (χ3n) is 4.97. The second-order valence-corrected chi connectivity index (χ2v) is 7.23. The van der Waals surface area contributed by atoms with Crippen LogP contribution in [0.15, 0.2) is 54.6 Å². The smallest absolute Gasteiger partial charge is 0.253 e. The Morgan fingerprint density at radius 3 is 2.62 bits per heavy atom. The van der Waals surface area contributed by atoms with Crippen LogP contribution in [0.3, 0.4) is 0 Å². The molecule has 0 aliphatic rings. The van der Waals surface area contributed by atoms with Crippen LogP contribution in [0.1, 0.15) is 40.9 Å². The highest BCUT2D eigenvalue weighted by Gasteiger charge is 2.11. The predicted molar refractivity (Wildman–Crippen MR) is 113 cm³/mol. The SMILES string of the molecule is CN(CCCCCc1cc(-c2cccc(F)c2)n[nH]1)C(=O)c1ccc(CN)cc1. The lowest BCUT2D eigenvalue weighted by atomic mass is 10.1. The summed E-state index contributed by atoms with van der Waals surface area (Å²) in [7, 11) is 1.83. The van der Waals surface area contributed by atoms with E-state index in [0.29, 0.717) is 12.1 Å². The minimum absolute atomic E-state index is 0.0295.